The lowest BCUT2D eigenvalue weighted by Gasteiger charge is -2.28. The van der Waals surface area contributed by atoms with Crippen molar-refractivity contribution in [3.63, 3.8) is 0 Å². The third-order valence-corrected chi connectivity index (χ3v) is 6.83. The molecule has 0 spiro atoms. The highest BCUT2D eigenvalue weighted by atomic mass is 32.2. The van der Waals surface area contributed by atoms with E-state index in [0.29, 0.717) is 31.6 Å². The fourth-order valence-corrected chi connectivity index (χ4v) is 4.89. The second kappa shape index (κ2) is 9.00. The number of rotatable bonds is 7. The van der Waals surface area contributed by atoms with Crippen LogP contribution in [0, 0.1) is 5.82 Å². The van der Waals surface area contributed by atoms with Crippen molar-refractivity contribution in [1.29, 1.82) is 0 Å². The fourth-order valence-electron chi connectivity index (χ4n) is 3.59. The summed E-state index contributed by atoms with van der Waals surface area (Å²) in [6.07, 6.45) is 4.40. The summed E-state index contributed by atoms with van der Waals surface area (Å²) in [4.78, 5) is 14.1. The molecule has 158 valence electrons. The standard InChI is InChI=1S/C19H26FN5O3S/c1-3-24(4-2)19(26)18-13-25(23-21-18)16-9-7-15(8-10-16)22-29(27,28)17-11-5-14(20)6-12-17/h5-6,11-13,15-16,22H,3-4,7-10H2,1-2H3. The number of nitrogens with zero attached hydrogens (tertiary/aromatic N) is 4. The van der Waals surface area contributed by atoms with Gasteiger partial charge in [-0.2, -0.15) is 0 Å². The zero-order valence-electron chi connectivity index (χ0n) is 16.6. The molecular weight excluding hydrogens is 397 g/mol. The molecule has 1 aromatic carbocycles. The first-order chi connectivity index (χ1) is 13.8. The summed E-state index contributed by atoms with van der Waals surface area (Å²) in [5, 5.41) is 8.13. The predicted molar refractivity (Wildman–Crippen MR) is 105 cm³/mol. The smallest absolute Gasteiger partial charge is 0.276 e. The van der Waals surface area contributed by atoms with Gasteiger partial charge in [-0.05, 0) is 63.8 Å². The minimum atomic E-state index is -3.68. The number of hydrogen-bond donors (Lipinski definition) is 1. The number of halogens is 1. The number of aromatic nitrogens is 3. The Morgan fingerprint density at radius 3 is 2.38 bits per heavy atom. The Morgan fingerprint density at radius 1 is 1.17 bits per heavy atom. The quantitative estimate of drug-likeness (QED) is 0.737. The van der Waals surface area contributed by atoms with E-state index in [1.165, 1.54) is 12.1 Å². The van der Waals surface area contributed by atoms with Crippen molar-refractivity contribution in [1.82, 2.24) is 24.6 Å². The Morgan fingerprint density at radius 2 is 1.79 bits per heavy atom. The maximum atomic E-state index is 13.0. The summed E-state index contributed by atoms with van der Waals surface area (Å²) in [5.74, 6) is -0.613. The number of carbonyl (C=O) groups excluding carboxylic acids is 1. The number of nitrogens with one attached hydrogen (secondary N) is 1. The lowest BCUT2D eigenvalue weighted by molar-refractivity contribution is 0.0767. The number of amides is 1. The molecule has 0 atom stereocenters. The van der Waals surface area contributed by atoms with Crippen LogP contribution in [0.3, 0.4) is 0 Å². The second-order valence-electron chi connectivity index (χ2n) is 7.14. The van der Waals surface area contributed by atoms with Crippen LogP contribution in [-0.4, -0.2) is 53.4 Å². The lowest BCUT2D eigenvalue weighted by atomic mass is 9.92. The topological polar surface area (TPSA) is 97.2 Å². The Bertz CT molecular complexity index is 933. The van der Waals surface area contributed by atoms with E-state index in [9.17, 15) is 17.6 Å². The molecule has 2 aromatic rings. The van der Waals surface area contributed by atoms with Crippen LogP contribution in [0.5, 0.6) is 0 Å². The van der Waals surface area contributed by atoms with Crippen molar-refractivity contribution in [2.45, 2.75) is 56.5 Å². The highest BCUT2D eigenvalue weighted by Gasteiger charge is 2.28. The first-order valence-electron chi connectivity index (χ1n) is 9.83. The molecule has 0 saturated heterocycles. The highest BCUT2D eigenvalue weighted by molar-refractivity contribution is 7.89. The molecule has 1 aliphatic rings. The molecule has 29 heavy (non-hydrogen) atoms. The van der Waals surface area contributed by atoms with Gasteiger partial charge in [-0.1, -0.05) is 5.21 Å². The number of hydrogen-bond acceptors (Lipinski definition) is 5. The Hall–Kier alpha value is -2.33. The molecule has 8 nitrogen and oxygen atoms in total. The summed E-state index contributed by atoms with van der Waals surface area (Å²) in [6.45, 7) is 5.06. The fraction of sp³-hybridized carbons (Fsp3) is 0.526. The van der Waals surface area contributed by atoms with Crippen LogP contribution in [0.15, 0.2) is 35.4 Å². The summed E-state index contributed by atoms with van der Waals surface area (Å²) >= 11 is 0. The zero-order chi connectivity index (χ0) is 21.0. The third kappa shape index (κ3) is 4.99. The van der Waals surface area contributed by atoms with Gasteiger partial charge in [-0.25, -0.2) is 22.2 Å². The molecule has 1 N–H and O–H groups in total. The van der Waals surface area contributed by atoms with E-state index < -0.39 is 15.8 Å². The Labute approximate surface area is 170 Å². The Kier molecular flexibility index (Phi) is 6.63. The normalized spacial score (nSPS) is 19.8. The van der Waals surface area contributed by atoms with E-state index in [4.69, 9.17) is 0 Å². The van der Waals surface area contributed by atoms with Crippen molar-refractivity contribution < 1.29 is 17.6 Å². The average Bonchev–Trinajstić information content (AvgIpc) is 3.19. The van der Waals surface area contributed by atoms with Gasteiger partial charge in [-0.3, -0.25) is 4.79 Å². The van der Waals surface area contributed by atoms with Crippen molar-refractivity contribution in [2.75, 3.05) is 13.1 Å². The minimum absolute atomic E-state index is 0.0526. The summed E-state index contributed by atoms with van der Waals surface area (Å²) < 4.78 is 42.3. The molecule has 1 heterocycles. The van der Waals surface area contributed by atoms with Crippen molar-refractivity contribution in [3.8, 4) is 0 Å². The van der Waals surface area contributed by atoms with Gasteiger partial charge in [0.25, 0.3) is 5.91 Å². The predicted octanol–water partition coefficient (Wildman–Crippen LogP) is 2.36. The van der Waals surface area contributed by atoms with Gasteiger partial charge < -0.3 is 4.90 Å². The van der Waals surface area contributed by atoms with Gasteiger partial charge in [-0.15, -0.1) is 5.10 Å². The molecular formula is C19H26FN5O3S. The van der Waals surface area contributed by atoms with Gasteiger partial charge in [0.1, 0.15) is 5.82 Å². The first kappa shape index (κ1) is 21.4. The van der Waals surface area contributed by atoms with Crippen LogP contribution in [0.1, 0.15) is 56.1 Å². The molecule has 10 heteroatoms. The van der Waals surface area contributed by atoms with Crippen molar-refractivity contribution >= 4 is 15.9 Å². The van der Waals surface area contributed by atoms with Gasteiger partial charge in [0.2, 0.25) is 10.0 Å². The molecule has 1 aromatic heterocycles. The maximum Gasteiger partial charge on any atom is 0.276 e. The zero-order valence-corrected chi connectivity index (χ0v) is 17.4. The lowest BCUT2D eigenvalue weighted by Crippen LogP contribution is -2.38. The van der Waals surface area contributed by atoms with Crippen LogP contribution in [-0.2, 0) is 10.0 Å². The van der Waals surface area contributed by atoms with E-state index in [-0.39, 0.29) is 22.9 Å². The van der Waals surface area contributed by atoms with E-state index in [1.54, 1.807) is 15.8 Å². The summed E-state index contributed by atoms with van der Waals surface area (Å²) in [5.41, 5.74) is 0.327. The highest BCUT2D eigenvalue weighted by Crippen LogP contribution is 2.29. The van der Waals surface area contributed by atoms with E-state index in [2.05, 4.69) is 15.0 Å². The molecule has 1 amide bonds. The third-order valence-electron chi connectivity index (χ3n) is 5.30. The van der Waals surface area contributed by atoms with Crippen LogP contribution in [0.25, 0.3) is 0 Å². The first-order valence-corrected chi connectivity index (χ1v) is 11.3. The summed E-state index contributed by atoms with van der Waals surface area (Å²) in [7, 11) is -3.68. The molecule has 0 bridgehead atoms. The van der Waals surface area contributed by atoms with Crippen LogP contribution in [0.4, 0.5) is 4.39 Å². The van der Waals surface area contributed by atoms with Gasteiger partial charge in [0, 0.05) is 19.1 Å². The molecule has 0 radical (unpaired) electrons. The van der Waals surface area contributed by atoms with E-state index >= 15 is 0 Å². The maximum absolute atomic E-state index is 13.0. The molecule has 0 unspecified atom stereocenters. The van der Waals surface area contributed by atoms with Crippen molar-refractivity contribution in [3.05, 3.63) is 42.0 Å². The SMILES string of the molecule is CCN(CC)C(=O)c1cn(C2CCC(NS(=O)(=O)c3ccc(F)cc3)CC2)nn1. The molecule has 1 saturated carbocycles. The number of benzene rings is 1. The largest absolute Gasteiger partial charge is 0.338 e. The van der Waals surface area contributed by atoms with Crippen molar-refractivity contribution in [2.24, 2.45) is 0 Å². The van der Waals surface area contributed by atoms with Gasteiger partial charge in [0.05, 0.1) is 17.1 Å². The number of sulfonamides is 1. The monoisotopic (exact) mass is 423 g/mol. The summed E-state index contributed by atoms with van der Waals surface area (Å²) in [6, 6.07) is 4.66. The molecule has 3 rings (SSSR count). The molecule has 1 fully saturated rings. The molecule has 0 aliphatic heterocycles. The van der Waals surface area contributed by atoms with Gasteiger partial charge in [0.15, 0.2) is 5.69 Å². The minimum Gasteiger partial charge on any atom is -0.338 e. The van der Waals surface area contributed by atoms with Gasteiger partial charge >= 0.3 is 0 Å². The molecule has 1 aliphatic carbocycles. The van der Waals surface area contributed by atoms with Crippen LogP contribution in [0.2, 0.25) is 0 Å². The Balaban J connectivity index is 1.58. The average molecular weight is 424 g/mol. The number of carbonyl (C=O) groups is 1. The second-order valence-corrected chi connectivity index (χ2v) is 8.86. The van der Waals surface area contributed by atoms with E-state index in [1.807, 2.05) is 13.8 Å². The van der Waals surface area contributed by atoms with E-state index in [0.717, 1.165) is 25.0 Å². The van der Waals surface area contributed by atoms with Crippen LogP contribution >= 0.6 is 0 Å². The van der Waals surface area contributed by atoms with Crippen LogP contribution < -0.4 is 4.72 Å².